The summed E-state index contributed by atoms with van der Waals surface area (Å²) in [4.78, 5) is 16.2. The predicted molar refractivity (Wildman–Crippen MR) is 112 cm³/mol. The van der Waals surface area contributed by atoms with Gasteiger partial charge in [0.05, 0.1) is 31.0 Å². The van der Waals surface area contributed by atoms with Gasteiger partial charge in [-0.25, -0.2) is 4.79 Å². The van der Waals surface area contributed by atoms with E-state index in [-0.39, 0.29) is 17.5 Å². The minimum absolute atomic E-state index is 0.0530. The number of hydrogen-bond donors (Lipinski definition) is 1. The van der Waals surface area contributed by atoms with Crippen molar-refractivity contribution in [3.05, 3.63) is 58.7 Å². The molecule has 7 heteroatoms. The monoisotopic (exact) mass is 413 g/mol. The molecule has 1 fully saturated rings. The summed E-state index contributed by atoms with van der Waals surface area (Å²) in [5, 5.41) is 9.18. The van der Waals surface area contributed by atoms with Crippen molar-refractivity contribution in [1.82, 2.24) is 0 Å². The second-order valence-corrected chi connectivity index (χ2v) is 8.78. The molecule has 0 spiro atoms. The summed E-state index contributed by atoms with van der Waals surface area (Å²) in [6.07, 6.45) is 0.767. The van der Waals surface area contributed by atoms with E-state index in [4.69, 9.17) is 14.5 Å². The van der Waals surface area contributed by atoms with Crippen molar-refractivity contribution in [2.24, 2.45) is 4.99 Å². The van der Waals surface area contributed by atoms with E-state index in [1.54, 1.807) is 31.4 Å². The first-order valence-corrected chi connectivity index (χ1v) is 11.1. The lowest BCUT2D eigenvalue weighted by Crippen LogP contribution is -2.35. The number of carbonyl (C=O) groups is 1. The third-order valence-corrected chi connectivity index (χ3v) is 6.88. The SMILES string of the molecule is CCOc1cc2c(cc1OC)C(c1ccc(C(=O)O)cc1)=NC1CC[S@@](=O)C[C@H]21. The maximum Gasteiger partial charge on any atom is 0.335 e. The van der Waals surface area contributed by atoms with Crippen LogP contribution in [0.2, 0.25) is 0 Å². The van der Waals surface area contributed by atoms with Gasteiger partial charge in [-0.2, -0.15) is 0 Å². The summed E-state index contributed by atoms with van der Waals surface area (Å²) in [6.45, 7) is 2.45. The normalized spacial score (nSPS) is 22.8. The number of hydrogen-bond acceptors (Lipinski definition) is 5. The first-order valence-electron chi connectivity index (χ1n) is 9.63. The molecule has 0 amide bonds. The Morgan fingerprint density at radius 3 is 2.66 bits per heavy atom. The Bertz CT molecular complexity index is 999. The molecule has 1 saturated heterocycles. The summed E-state index contributed by atoms with van der Waals surface area (Å²) < 4.78 is 23.6. The van der Waals surface area contributed by atoms with Crippen molar-refractivity contribution in [2.45, 2.75) is 25.3 Å². The van der Waals surface area contributed by atoms with Gasteiger partial charge in [0.25, 0.3) is 0 Å². The smallest absolute Gasteiger partial charge is 0.335 e. The minimum Gasteiger partial charge on any atom is -0.493 e. The number of nitrogens with zero attached hydrogens (tertiary/aromatic N) is 1. The number of carboxylic acid groups (broad SMARTS) is 1. The van der Waals surface area contributed by atoms with Crippen molar-refractivity contribution < 1.29 is 23.6 Å². The zero-order valence-corrected chi connectivity index (χ0v) is 17.2. The van der Waals surface area contributed by atoms with Gasteiger partial charge in [0, 0.05) is 39.4 Å². The number of carboxylic acids is 1. The average molecular weight is 413 g/mol. The second-order valence-electron chi connectivity index (χ2n) is 7.16. The molecule has 2 aliphatic rings. The van der Waals surface area contributed by atoms with Crippen molar-refractivity contribution >= 4 is 22.5 Å². The lowest BCUT2D eigenvalue weighted by atomic mass is 9.81. The van der Waals surface area contributed by atoms with Crippen LogP contribution >= 0.6 is 0 Å². The molecule has 29 heavy (non-hydrogen) atoms. The van der Waals surface area contributed by atoms with Crippen molar-refractivity contribution in [2.75, 3.05) is 25.2 Å². The maximum absolute atomic E-state index is 12.3. The molecule has 0 saturated carbocycles. The number of fused-ring (bicyclic) bond motifs is 3. The van der Waals surface area contributed by atoms with Crippen molar-refractivity contribution in [3.8, 4) is 11.5 Å². The zero-order valence-electron chi connectivity index (χ0n) is 16.4. The molecule has 1 unspecified atom stereocenters. The summed E-state index contributed by atoms with van der Waals surface area (Å²) in [7, 11) is 0.747. The first-order chi connectivity index (χ1) is 14.0. The predicted octanol–water partition coefficient (Wildman–Crippen LogP) is 3.25. The van der Waals surface area contributed by atoms with Gasteiger partial charge >= 0.3 is 5.97 Å². The molecule has 1 N–H and O–H groups in total. The van der Waals surface area contributed by atoms with Crippen molar-refractivity contribution in [3.63, 3.8) is 0 Å². The fourth-order valence-electron chi connectivity index (χ4n) is 4.05. The molecule has 2 aliphatic heterocycles. The van der Waals surface area contributed by atoms with Crippen LogP contribution < -0.4 is 9.47 Å². The van der Waals surface area contributed by atoms with Crippen LogP contribution in [0.5, 0.6) is 11.5 Å². The van der Waals surface area contributed by atoms with Gasteiger partial charge in [-0.1, -0.05) is 12.1 Å². The number of ether oxygens (including phenoxy) is 2. The molecule has 152 valence electrons. The molecule has 2 aromatic rings. The van der Waals surface area contributed by atoms with E-state index < -0.39 is 16.8 Å². The van der Waals surface area contributed by atoms with E-state index in [1.165, 1.54) is 0 Å². The molecule has 0 aromatic heterocycles. The Morgan fingerprint density at radius 1 is 1.24 bits per heavy atom. The quantitative estimate of drug-likeness (QED) is 0.813. The average Bonchev–Trinajstić information content (AvgIpc) is 2.73. The molecule has 3 atom stereocenters. The first kappa shape index (κ1) is 19.6. The second kappa shape index (κ2) is 7.99. The molecular formula is C22H23NO5S. The van der Waals surface area contributed by atoms with E-state index in [2.05, 4.69) is 0 Å². The molecule has 0 radical (unpaired) electrons. The molecule has 2 heterocycles. The van der Waals surface area contributed by atoms with Gasteiger partial charge in [0.1, 0.15) is 0 Å². The van der Waals surface area contributed by atoms with Crippen LogP contribution in [-0.2, 0) is 10.8 Å². The molecule has 6 nitrogen and oxygen atoms in total. The Morgan fingerprint density at radius 2 is 2.00 bits per heavy atom. The third-order valence-electron chi connectivity index (χ3n) is 5.46. The van der Waals surface area contributed by atoms with E-state index in [9.17, 15) is 14.1 Å². The highest BCUT2D eigenvalue weighted by Gasteiger charge is 2.37. The molecule has 0 bridgehead atoms. The lowest BCUT2D eigenvalue weighted by Gasteiger charge is -2.35. The van der Waals surface area contributed by atoms with Gasteiger partial charge in [-0.15, -0.1) is 0 Å². The fourth-order valence-corrected chi connectivity index (χ4v) is 5.52. The zero-order chi connectivity index (χ0) is 20.5. The summed E-state index contributed by atoms with van der Waals surface area (Å²) in [6, 6.07) is 10.7. The highest BCUT2D eigenvalue weighted by molar-refractivity contribution is 7.85. The minimum atomic E-state index is -0.958. The maximum atomic E-state index is 12.3. The third kappa shape index (κ3) is 3.67. The van der Waals surface area contributed by atoms with Crippen LogP contribution in [0.1, 0.15) is 46.3 Å². The molecule has 4 rings (SSSR count). The van der Waals surface area contributed by atoms with Gasteiger partial charge in [-0.3, -0.25) is 9.20 Å². The van der Waals surface area contributed by atoms with Gasteiger partial charge in [0.15, 0.2) is 11.5 Å². The Kier molecular flexibility index (Phi) is 5.41. The number of aliphatic imine (C=N–C) groups is 1. The van der Waals surface area contributed by atoms with Crippen LogP contribution in [0.3, 0.4) is 0 Å². The van der Waals surface area contributed by atoms with Crippen LogP contribution in [0.25, 0.3) is 0 Å². The van der Waals surface area contributed by atoms with Crippen LogP contribution in [0, 0.1) is 0 Å². The lowest BCUT2D eigenvalue weighted by molar-refractivity contribution is 0.0697. The van der Waals surface area contributed by atoms with Crippen LogP contribution in [0.4, 0.5) is 0 Å². The van der Waals surface area contributed by atoms with E-state index in [1.807, 2.05) is 19.1 Å². The van der Waals surface area contributed by atoms with Crippen LogP contribution in [-0.4, -0.2) is 52.3 Å². The summed E-state index contributed by atoms with van der Waals surface area (Å²) >= 11 is 0. The van der Waals surface area contributed by atoms with E-state index >= 15 is 0 Å². The van der Waals surface area contributed by atoms with Gasteiger partial charge in [0.2, 0.25) is 0 Å². The highest BCUT2D eigenvalue weighted by Crippen LogP contribution is 2.42. The Balaban J connectivity index is 1.86. The number of benzene rings is 2. The summed E-state index contributed by atoms with van der Waals surface area (Å²) in [5.74, 6) is 1.65. The van der Waals surface area contributed by atoms with E-state index in [0.717, 1.165) is 28.8 Å². The van der Waals surface area contributed by atoms with E-state index in [0.29, 0.717) is 29.6 Å². The van der Waals surface area contributed by atoms with Gasteiger partial charge < -0.3 is 14.6 Å². The topological polar surface area (TPSA) is 85.2 Å². The Labute approximate surface area is 172 Å². The highest BCUT2D eigenvalue weighted by atomic mass is 32.2. The van der Waals surface area contributed by atoms with Crippen LogP contribution in [0.15, 0.2) is 41.4 Å². The number of methoxy groups -OCH3 is 1. The molecule has 2 aromatic carbocycles. The number of aromatic carboxylic acids is 1. The number of rotatable bonds is 5. The Hall–Kier alpha value is -2.67. The molecular weight excluding hydrogens is 390 g/mol. The standard InChI is InChI=1S/C22H23NO5S/c1-3-28-20-10-15-16(11-19(20)27-2)21(13-4-6-14(7-5-13)22(24)25)23-18-8-9-29(26)12-17(15)18/h4-7,10-11,17-18H,3,8-9,12H2,1-2H3,(H,24,25)/t17-,18?,29-/m1/s1. The van der Waals surface area contributed by atoms with Crippen molar-refractivity contribution in [1.29, 1.82) is 0 Å². The largest absolute Gasteiger partial charge is 0.493 e. The fraction of sp³-hybridized carbons (Fsp3) is 0.364. The summed E-state index contributed by atoms with van der Waals surface area (Å²) in [5.41, 5.74) is 3.90. The van der Waals surface area contributed by atoms with Gasteiger partial charge in [-0.05, 0) is 43.2 Å². The molecule has 0 aliphatic carbocycles.